The minimum absolute atomic E-state index is 0.0152. The molecule has 0 bridgehead atoms. The van der Waals surface area contributed by atoms with Gasteiger partial charge in [-0.2, -0.15) is 0 Å². The van der Waals surface area contributed by atoms with Crippen LogP contribution in [0.4, 0.5) is 0 Å². The van der Waals surface area contributed by atoms with Crippen LogP contribution in [0.3, 0.4) is 0 Å². The SMILES string of the molecule is CC(Oc1ccccc1)C(=O)OC(=O)CCOc1ccccc1. The van der Waals surface area contributed by atoms with Gasteiger partial charge < -0.3 is 14.2 Å². The number of carbonyl (C=O) groups is 2. The van der Waals surface area contributed by atoms with E-state index >= 15 is 0 Å². The molecule has 0 N–H and O–H groups in total. The molecule has 0 saturated carbocycles. The molecule has 0 aliphatic heterocycles. The van der Waals surface area contributed by atoms with Crippen molar-refractivity contribution in [1.29, 1.82) is 0 Å². The van der Waals surface area contributed by atoms with E-state index in [-0.39, 0.29) is 13.0 Å². The molecule has 0 radical (unpaired) electrons. The Kier molecular flexibility index (Phi) is 6.17. The zero-order valence-corrected chi connectivity index (χ0v) is 12.8. The predicted octanol–water partition coefficient (Wildman–Crippen LogP) is 2.99. The molecule has 2 aromatic rings. The molecule has 0 aromatic heterocycles. The maximum Gasteiger partial charge on any atom is 0.354 e. The molecule has 23 heavy (non-hydrogen) atoms. The predicted molar refractivity (Wildman–Crippen MR) is 84.2 cm³/mol. The Morgan fingerprint density at radius 2 is 1.48 bits per heavy atom. The van der Waals surface area contributed by atoms with Crippen molar-refractivity contribution < 1.29 is 23.8 Å². The van der Waals surface area contributed by atoms with Crippen LogP contribution in [0.1, 0.15) is 13.3 Å². The number of para-hydroxylation sites is 2. The highest BCUT2D eigenvalue weighted by Gasteiger charge is 2.19. The van der Waals surface area contributed by atoms with E-state index in [0.717, 1.165) is 0 Å². The van der Waals surface area contributed by atoms with Crippen molar-refractivity contribution in [3.8, 4) is 11.5 Å². The van der Waals surface area contributed by atoms with E-state index in [2.05, 4.69) is 0 Å². The average Bonchev–Trinajstić information content (AvgIpc) is 2.56. The Morgan fingerprint density at radius 1 is 0.913 bits per heavy atom. The van der Waals surface area contributed by atoms with Gasteiger partial charge in [-0.3, -0.25) is 4.79 Å². The van der Waals surface area contributed by atoms with Crippen LogP contribution >= 0.6 is 0 Å². The van der Waals surface area contributed by atoms with Crippen molar-refractivity contribution >= 4 is 11.9 Å². The second kappa shape index (κ2) is 8.58. The lowest BCUT2D eigenvalue weighted by Gasteiger charge is -2.13. The Morgan fingerprint density at radius 3 is 2.09 bits per heavy atom. The summed E-state index contributed by atoms with van der Waals surface area (Å²) in [7, 11) is 0. The fourth-order valence-corrected chi connectivity index (χ4v) is 1.77. The van der Waals surface area contributed by atoms with E-state index in [0.29, 0.717) is 11.5 Å². The van der Waals surface area contributed by atoms with Crippen LogP contribution in [0.2, 0.25) is 0 Å². The molecule has 0 spiro atoms. The molecule has 0 heterocycles. The van der Waals surface area contributed by atoms with E-state index in [9.17, 15) is 9.59 Å². The first-order chi connectivity index (χ1) is 11.1. The first-order valence-electron chi connectivity index (χ1n) is 7.29. The molecule has 0 amide bonds. The Hall–Kier alpha value is -2.82. The lowest BCUT2D eigenvalue weighted by molar-refractivity contribution is -0.164. The summed E-state index contributed by atoms with van der Waals surface area (Å²) in [5, 5.41) is 0. The van der Waals surface area contributed by atoms with Crippen molar-refractivity contribution in [2.45, 2.75) is 19.4 Å². The van der Waals surface area contributed by atoms with Crippen LogP contribution in [0.15, 0.2) is 60.7 Å². The molecule has 2 rings (SSSR count). The molecule has 0 fully saturated rings. The molecular weight excluding hydrogens is 296 g/mol. The molecule has 1 atom stereocenters. The third-order valence-electron chi connectivity index (χ3n) is 2.92. The topological polar surface area (TPSA) is 61.8 Å². The molecule has 0 aliphatic rings. The third-order valence-corrected chi connectivity index (χ3v) is 2.92. The summed E-state index contributed by atoms with van der Waals surface area (Å²) < 4.78 is 15.5. The van der Waals surface area contributed by atoms with Gasteiger partial charge in [0.1, 0.15) is 11.5 Å². The first kappa shape index (κ1) is 16.5. The van der Waals surface area contributed by atoms with Gasteiger partial charge in [-0.25, -0.2) is 4.79 Å². The molecule has 0 saturated heterocycles. The summed E-state index contributed by atoms with van der Waals surface area (Å²) >= 11 is 0. The van der Waals surface area contributed by atoms with Gasteiger partial charge in [0.25, 0.3) is 0 Å². The number of hydrogen-bond acceptors (Lipinski definition) is 5. The first-order valence-corrected chi connectivity index (χ1v) is 7.29. The van der Waals surface area contributed by atoms with Gasteiger partial charge in [0, 0.05) is 0 Å². The second-order valence-electron chi connectivity index (χ2n) is 4.78. The highest BCUT2D eigenvalue weighted by Crippen LogP contribution is 2.12. The maximum absolute atomic E-state index is 11.8. The third kappa shape index (κ3) is 5.82. The van der Waals surface area contributed by atoms with Crippen molar-refractivity contribution in [2.75, 3.05) is 6.61 Å². The summed E-state index contributed by atoms with van der Waals surface area (Å²) in [5.74, 6) is -0.169. The highest BCUT2D eigenvalue weighted by atomic mass is 16.6. The average molecular weight is 314 g/mol. The van der Waals surface area contributed by atoms with Crippen molar-refractivity contribution in [3.05, 3.63) is 60.7 Å². The Labute approximate surface area is 134 Å². The minimum Gasteiger partial charge on any atom is -0.493 e. The van der Waals surface area contributed by atoms with Crippen LogP contribution in [0, 0.1) is 0 Å². The molecular formula is C18H18O5. The Balaban J connectivity index is 1.70. The van der Waals surface area contributed by atoms with Gasteiger partial charge >= 0.3 is 11.9 Å². The molecule has 5 nitrogen and oxygen atoms in total. The van der Waals surface area contributed by atoms with Gasteiger partial charge in [0.2, 0.25) is 0 Å². The minimum atomic E-state index is -0.864. The fraction of sp³-hybridized carbons (Fsp3) is 0.222. The van der Waals surface area contributed by atoms with Gasteiger partial charge in [0.15, 0.2) is 6.10 Å². The maximum atomic E-state index is 11.8. The molecule has 2 aromatic carbocycles. The van der Waals surface area contributed by atoms with E-state index in [4.69, 9.17) is 14.2 Å². The highest BCUT2D eigenvalue weighted by molar-refractivity contribution is 5.87. The van der Waals surface area contributed by atoms with E-state index in [1.807, 2.05) is 24.3 Å². The monoisotopic (exact) mass is 314 g/mol. The fourth-order valence-electron chi connectivity index (χ4n) is 1.77. The largest absolute Gasteiger partial charge is 0.493 e. The van der Waals surface area contributed by atoms with Crippen molar-refractivity contribution in [1.82, 2.24) is 0 Å². The normalized spacial score (nSPS) is 11.3. The quantitative estimate of drug-likeness (QED) is 0.581. The zero-order chi connectivity index (χ0) is 16.5. The molecule has 0 aliphatic carbocycles. The van der Waals surface area contributed by atoms with Gasteiger partial charge in [-0.1, -0.05) is 36.4 Å². The van der Waals surface area contributed by atoms with Crippen LogP contribution < -0.4 is 9.47 Å². The molecule has 1 unspecified atom stereocenters. The molecule has 120 valence electrons. The van der Waals surface area contributed by atoms with E-state index in [1.54, 1.807) is 36.4 Å². The van der Waals surface area contributed by atoms with Crippen LogP contribution in [-0.4, -0.2) is 24.6 Å². The number of ether oxygens (including phenoxy) is 3. The summed E-state index contributed by atoms with van der Waals surface area (Å²) in [6.45, 7) is 1.67. The van der Waals surface area contributed by atoms with E-state index < -0.39 is 18.0 Å². The van der Waals surface area contributed by atoms with Crippen LogP contribution in [-0.2, 0) is 14.3 Å². The smallest absolute Gasteiger partial charge is 0.354 e. The Bertz CT molecular complexity index is 624. The lowest BCUT2D eigenvalue weighted by Crippen LogP contribution is -2.28. The van der Waals surface area contributed by atoms with Crippen molar-refractivity contribution in [3.63, 3.8) is 0 Å². The van der Waals surface area contributed by atoms with Crippen LogP contribution in [0.5, 0.6) is 11.5 Å². The summed E-state index contributed by atoms with van der Waals surface area (Å²) in [6, 6.07) is 18.0. The lowest BCUT2D eigenvalue weighted by atomic mass is 10.3. The number of benzene rings is 2. The number of esters is 2. The van der Waals surface area contributed by atoms with Crippen LogP contribution in [0.25, 0.3) is 0 Å². The number of carbonyl (C=O) groups excluding carboxylic acids is 2. The van der Waals surface area contributed by atoms with Gasteiger partial charge in [-0.05, 0) is 31.2 Å². The summed E-state index contributed by atoms with van der Waals surface area (Å²) in [6.07, 6.45) is -0.880. The standard InChI is InChI=1S/C18H18O5/c1-14(22-16-10-6-3-7-11-16)18(20)23-17(19)12-13-21-15-8-4-2-5-9-15/h2-11,14H,12-13H2,1H3. The second-order valence-corrected chi connectivity index (χ2v) is 4.78. The number of hydrogen-bond donors (Lipinski definition) is 0. The summed E-state index contributed by atoms with van der Waals surface area (Å²) in [5.41, 5.74) is 0. The van der Waals surface area contributed by atoms with Gasteiger partial charge in [-0.15, -0.1) is 0 Å². The van der Waals surface area contributed by atoms with E-state index in [1.165, 1.54) is 6.92 Å². The number of rotatable bonds is 7. The summed E-state index contributed by atoms with van der Waals surface area (Å²) in [4.78, 5) is 23.4. The molecule has 5 heteroatoms. The van der Waals surface area contributed by atoms with Crippen molar-refractivity contribution in [2.24, 2.45) is 0 Å². The van der Waals surface area contributed by atoms with Gasteiger partial charge in [0.05, 0.1) is 13.0 Å². The zero-order valence-electron chi connectivity index (χ0n) is 12.8.